The minimum Gasteiger partial charge on any atom is -0.493 e. The van der Waals surface area contributed by atoms with Gasteiger partial charge in [-0.25, -0.2) is 9.79 Å². The number of carbonyl (C=O) groups is 1. The van der Waals surface area contributed by atoms with Gasteiger partial charge < -0.3 is 30.2 Å². The van der Waals surface area contributed by atoms with Crippen molar-refractivity contribution >= 4 is 23.7 Å². The van der Waals surface area contributed by atoms with Gasteiger partial charge in [-0.1, -0.05) is 11.6 Å². The maximum atomic E-state index is 11.7. The first-order chi connectivity index (χ1) is 13.7. The second-order valence-corrected chi connectivity index (χ2v) is 7.50. The molecule has 0 saturated heterocycles. The number of rotatable bonds is 9. The summed E-state index contributed by atoms with van der Waals surface area (Å²) in [6.45, 7) is 11.8. The van der Waals surface area contributed by atoms with Crippen LogP contribution in [-0.2, 0) is 11.3 Å². The summed E-state index contributed by atoms with van der Waals surface area (Å²) in [5.41, 5.74) is 0.368. The van der Waals surface area contributed by atoms with E-state index < -0.39 is 11.7 Å². The van der Waals surface area contributed by atoms with Crippen LogP contribution in [0.3, 0.4) is 0 Å². The van der Waals surface area contributed by atoms with Crippen molar-refractivity contribution in [3.63, 3.8) is 0 Å². The minimum absolute atomic E-state index is 0.400. The molecule has 0 saturated carbocycles. The molecule has 9 heteroatoms. The number of carbonyl (C=O) groups excluding carboxylic acids is 1. The number of hydrogen-bond acceptors (Lipinski definition) is 5. The molecule has 0 aromatic heterocycles. The van der Waals surface area contributed by atoms with E-state index in [1.54, 1.807) is 7.11 Å². The van der Waals surface area contributed by atoms with Crippen molar-refractivity contribution in [3.8, 4) is 11.5 Å². The van der Waals surface area contributed by atoms with Crippen molar-refractivity contribution < 1.29 is 19.0 Å². The average molecular weight is 429 g/mol. The lowest BCUT2D eigenvalue weighted by atomic mass is 10.2. The predicted octanol–water partition coefficient (Wildman–Crippen LogP) is 3.33. The Balaban J connectivity index is 2.66. The SMILES string of the molecule is CCNC(=NCc1cc(Cl)c(OCC)c(OC)c1)NCCNC(=O)OC(C)(C)C. The quantitative estimate of drug-likeness (QED) is 0.317. The lowest BCUT2D eigenvalue weighted by Crippen LogP contribution is -2.42. The van der Waals surface area contributed by atoms with Gasteiger partial charge in [0.1, 0.15) is 5.60 Å². The van der Waals surface area contributed by atoms with Crippen LogP contribution in [0.2, 0.25) is 5.02 Å². The van der Waals surface area contributed by atoms with Gasteiger partial charge in [-0.05, 0) is 52.3 Å². The van der Waals surface area contributed by atoms with Gasteiger partial charge in [0.05, 0.1) is 25.3 Å². The third-order valence-corrected chi connectivity index (χ3v) is 3.71. The maximum absolute atomic E-state index is 11.7. The number of hydrogen-bond donors (Lipinski definition) is 3. The summed E-state index contributed by atoms with van der Waals surface area (Å²) in [5.74, 6) is 1.73. The molecule has 0 radical (unpaired) electrons. The molecule has 0 aliphatic carbocycles. The molecule has 0 fully saturated rings. The second kappa shape index (κ2) is 12.3. The summed E-state index contributed by atoms with van der Waals surface area (Å²) in [6, 6.07) is 3.67. The fraction of sp³-hybridized carbons (Fsp3) is 0.600. The molecular formula is C20H33ClN4O4. The van der Waals surface area contributed by atoms with E-state index in [0.29, 0.717) is 55.3 Å². The van der Waals surface area contributed by atoms with Crippen molar-refractivity contribution in [3.05, 3.63) is 22.7 Å². The number of amides is 1. The molecule has 0 atom stereocenters. The first-order valence-corrected chi connectivity index (χ1v) is 10.1. The minimum atomic E-state index is -0.520. The highest BCUT2D eigenvalue weighted by molar-refractivity contribution is 6.32. The van der Waals surface area contributed by atoms with Gasteiger partial charge in [-0.3, -0.25) is 0 Å². The molecule has 0 aliphatic rings. The first-order valence-electron chi connectivity index (χ1n) is 9.68. The smallest absolute Gasteiger partial charge is 0.407 e. The fourth-order valence-corrected chi connectivity index (χ4v) is 2.61. The predicted molar refractivity (Wildman–Crippen MR) is 116 cm³/mol. The van der Waals surface area contributed by atoms with E-state index in [2.05, 4.69) is 20.9 Å². The number of benzene rings is 1. The van der Waals surface area contributed by atoms with Crippen molar-refractivity contribution in [2.24, 2.45) is 4.99 Å². The van der Waals surface area contributed by atoms with Crippen molar-refractivity contribution in [1.29, 1.82) is 0 Å². The van der Waals surface area contributed by atoms with Crippen LogP contribution in [-0.4, -0.2) is 51.0 Å². The largest absolute Gasteiger partial charge is 0.493 e. The molecule has 0 unspecified atom stereocenters. The van der Waals surface area contributed by atoms with Gasteiger partial charge in [0.25, 0.3) is 0 Å². The van der Waals surface area contributed by atoms with E-state index in [1.165, 1.54) is 0 Å². The summed E-state index contributed by atoms with van der Waals surface area (Å²) in [5, 5.41) is 9.50. The van der Waals surface area contributed by atoms with Crippen LogP contribution in [0.25, 0.3) is 0 Å². The fourth-order valence-electron chi connectivity index (χ4n) is 2.32. The lowest BCUT2D eigenvalue weighted by molar-refractivity contribution is 0.0529. The third kappa shape index (κ3) is 9.60. The third-order valence-electron chi connectivity index (χ3n) is 3.43. The van der Waals surface area contributed by atoms with Gasteiger partial charge in [0, 0.05) is 19.6 Å². The maximum Gasteiger partial charge on any atom is 0.407 e. The molecule has 1 aromatic carbocycles. The number of alkyl carbamates (subject to hydrolysis) is 1. The summed E-state index contributed by atoms with van der Waals surface area (Å²) in [4.78, 5) is 16.2. The molecule has 0 bridgehead atoms. The number of aliphatic imine (C=N–C) groups is 1. The number of guanidine groups is 1. The Kier molecular flexibility index (Phi) is 10.4. The van der Waals surface area contributed by atoms with Crippen molar-refractivity contribution in [2.45, 2.75) is 46.8 Å². The van der Waals surface area contributed by atoms with Crippen LogP contribution in [0, 0.1) is 0 Å². The molecule has 8 nitrogen and oxygen atoms in total. The highest BCUT2D eigenvalue weighted by atomic mass is 35.5. The Hall–Kier alpha value is -2.35. The Morgan fingerprint density at radius 2 is 1.83 bits per heavy atom. The molecule has 1 rings (SSSR count). The van der Waals surface area contributed by atoms with E-state index in [9.17, 15) is 4.79 Å². The van der Waals surface area contributed by atoms with Gasteiger partial charge in [-0.15, -0.1) is 0 Å². The number of methoxy groups -OCH3 is 1. The number of nitrogens with one attached hydrogen (secondary N) is 3. The standard InChI is InChI=1S/C20H33ClN4O4/c1-7-22-18(23-9-10-24-19(26)29-20(3,4)5)25-13-14-11-15(21)17(28-8-2)16(12-14)27-6/h11-12H,7-10,13H2,1-6H3,(H,24,26)(H2,22,23,25). The van der Waals surface area contributed by atoms with Crippen molar-refractivity contribution in [1.82, 2.24) is 16.0 Å². The second-order valence-electron chi connectivity index (χ2n) is 7.09. The lowest BCUT2D eigenvalue weighted by Gasteiger charge is -2.20. The molecule has 29 heavy (non-hydrogen) atoms. The summed E-state index contributed by atoms with van der Waals surface area (Å²) in [7, 11) is 1.57. The van der Waals surface area contributed by atoms with Crippen LogP contribution in [0.4, 0.5) is 4.79 Å². The van der Waals surface area contributed by atoms with Crippen LogP contribution in [0.5, 0.6) is 11.5 Å². The zero-order valence-electron chi connectivity index (χ0n) is 18.1. The van der Waals surface area contributed by atoms with E-state index in [1.807, 2.05) is 46.8 Å². The molecule has 164 valence electrons. The number of halogens is 1. The normalized spacial score (nSPS) is 11.6. The summed E-state index contributed by atoms with van der Waals surface area (Å²) >= 11 is 6.31. The summed E-state index contributed by atoms with van der Waals surface area (Å²) < 4.78 is 16.1. The highest BCUT2D eigenvalue weighted by Gasteiger charge is 2.15. The van der Waals surface area contributed by atoms with Gasteiger partial charge >= 0.3 is 6.09 Å². The topological polar surface area (TPSA) is 93.2 Å². The monoisotopic (exact) mass is 428 g/mol. The Morgan fingerprint density at radius 1 is 1.14 bits per heavy atom. The molecule has 1 amide bonds. The van der Waals surface area contributed by atoms with Gasteiger partial charge in [-0.2, -0.15) is 0 Å². The molecule has 3 N–H and O–H groups in total. The Bertz CT molecular complexity index is 690. The first kappa shape index (κ1) is 24.7. The highest BCUT2D eigenvalue weighted by Crippen LogP contribution is 2.36. The molecular weight excluding hydrogens is 396 g/mol. The van der Waals surface area contributed by atoms with Crippen LogP contribution >= 0.6 is 11.6 Å². The zero-order chi connectivity index (χ0) is 21.9. The molecule has 0 heterocycles. The van der Waals surface area contributed by atoms with Gasteiger partial charge in [0.2, 0.25) is 0 Å². The van der Waals surface area contributed by atoms with E-state index in [0.717, 1.165) is 5.56 Å². The summed E-state index contributed by atoms with van der Waals surface area (Å²) in [6.07, 6.45) is -0.447. The Morgan fingerprint density at radius 3 is 2.41 bits per heavy atom. The van der Waals surface area contributed by atoms with Gasteiger partial charge in [0.15, 0.2) is 17.5 Å². The molecule has 0 spiro atoms. The average Bonchev–Trinajstić information content (AvgIpc) is 2.63. The van der Waals surface area contributed by atoms with Crippen LogP contribution in [0.1, 0.15) is 40.2 Å². The van der Waals surface area contributed by atoms with E-state index in [-0.39, 0.29) is 0 Å². The zero-order valence-corrected chi connectivity index (χ0v) is 18.9. The van der Waals surface area contributed by atoms with Crippen LogP contribution < -0.4 is 25.4 Å². The number of nitrogens with zero attached hydrogens (tertiary/aromatic N) is 1. The van der Waals surface area contributed by atoms with E-state index >= 15 is 0 Å². The number of ether oxygens (including phenoxy) is 3. The van der Waals surface area contributed by atoms with Crippen molar-refractivity contribution in [2.75, 3.05) is 33.4 Å². The van der Waals surface area contributed by atoms with Crippen LogP contribution in [0.15, 0.2) is 17.1 Å². The molecule has 1 aromatic rings. The van der Waals surface area contributed by atoms with E-state index in [4.69, 9.17) is 25.8 Å². The molecule has 0 aliphatic heterocycles. The Labute approximate surface area is 178 Å².